The molecule has 0 radical (unpaired) electrons. The third-order valence-electron chi connectivity index (χ3n) is 3.46. The number of benzene rings is 1. The molecule has 1 atom stereocenters. The summed E-state index contributed by atoms with van der Waals surface area (Å²) >= 11 is 0. The molecule has 0 spiro atoms. The highest BCUT2D eigenvalue weighted by molar-refractivity contribution is 5.98. The summed E-state index contributed by atoms with van der Waals surface area (Å²) in [4.78, 5) is 23.4. The van der Waals surface area contributed by atoms with Gasteiger partial charge in [0.1, 0.15) is 0 Å². The Balaban J connectivity index is 2.23. The van der Waals surface area contributed by atoms with E-state index in [0.717, 1.165) is 18.2 Å². The van der Waals surface area contributed by atoms with Crippen molar-refractivity contribution in [1.29, 1.82) is 0 Å². The van der Waals surface area contributed by atoms with E-state index < -0.39 is 53.9 Å². The van der Waals surface area contributed by atoms with Crippen molar-refractivity contribution in [3.63, 3.8) is 0 Å². The summed E-state index contributed by atoms with van der Waals surface area (Å²) in [5.41, 5.74) is -2.29. The molecule has 1 unspecified atom stereocenters. The number of hydrogen-bond donors (Lipinski definition) is 1. The van der Waals surface area contributed by atoms with Gasteiger partial charge in [0.05, 0.1) is 17.0 Å². The molecule has 0 bridgehead atoms. The monoisotopic (exact) mass is 351 g/mol. The second-order valence-corrected chi connectivity index (χ2v) is 5.28. The highest BCUT2D eigenvalue weighted by Gasteiger charge is 2.43. The van der Waals surface area contributed by atoms with Crippen molar-refractivity contribution in [2.75, 3.05) is 0 Å². The van der Waals surface area contributed by atoms with Crippen LogP contribution in [0.5, 0.6) is 0 Å². The minimum absolute atomic E-state index is 0.351. The first kappa shape index (κ1) is 18.0. The van der Waals surface area contributed by atoms with E-state index in [1.165, 1.54) is 6.07 Å². The molecular formula is C15H11F6NO2. The Kier molecular flexibility index (Phi) is 4.73. The molecule has 1 aliphatic carbocycles. The molecule has 3 nitrogen and oxygen atoms in total. The Morgan fingerprint density at radius 3 is 2.25 bits per heavy atom. The maximum absolute atomic E-state index is 12.9. The number of rotatable bonds is 2. The van der Waals surface area contributed by atoms with Crippen LogP contribution in [0.15, 0.2) is 36.0 Å². The Labute approximate surface area is 132 Å². The van der Waals surface area contributed by atoms with Gasteiger partial charge in [0.2, 0.25) is 0 Å². The molecule has 1 N–H and O–H groups in total. The number of alkyl halides is 6. The van der Waals surface area contributed by atoms with Crippen molar-refractivity contribution in [2.24, 2.45) is 5.92 Å². The lowest BCUT2D eigenvalue weighted by molar-refractivity contribution is -0.178. The lowest BCUT2D eigenvalue weighted by Crippen LogP contribution is -2.34. The van der Waals surface area contributed by atoms with Crippen LogP contribution in [0.3, 0.4) is 0 Å². The van der Waals surface area contributed by atoms with Gasteiger partial charge in [0.15, 0.2) is 5.78 Å². The smallest absolute Gasteiger partial charge is 0.326 e. The maximum Gasteiger partial charge on any atom is 0.417 e. The van der Waals surface area contributed by atoms with Crippen LogP contribution in [0, 0.1) is 5.92 Å². The highest BCUT2D eigenvalue weighted by Crippen LogP contribution is 2.36. The lowest BCUT2D eigenvalue weighted by Gasteiger charge is -2.24. The molecule has 24 heavy (non-hydrogen) atoms. The fourth-order valence-electron chi connectivity index (χ4n) is 2.35. The van der Waals surface area contributed by atoms with Crippen molar-refractivity contribution >= 4 is 11.7 Å². The number of allylic oxidation sites excluding steroid dienone is 2. The minimum Gasteiger partial charge on any atom is -0.326 e. The molecule has 0 aliphatic heterocycles. The van der Waals surface area contributed by atoms with Gasteiger partial charge < -0.3 is 5.32 Å². The second-order valence-electron chi connectivity index (χ2n) is 5.28. The summed E-state index contributed by atoms with van der Waals surface area (Å²) in [6.45, 7) is 0. The number of nitrogens with one attached hydrogen (secondary N) is 1. The van der Waals surface area contributed by atoms with E-state index in [0.29, 0.717) is 6.07 Å². The molecule has 2 rings (SSSR count). The van der Waals surface area contributed by atoms with Gasteiger partial charge in [0.25, 0.3) is 5.91 Å². The van der Waals surface area contributed by atoms with E-state index in [1.807, 2.05) is 5.32 Å². The normalized spacial score (nSPS) is 19.0. The zero-order valence-corrected chi connectivity index (χ0v) is 12.0. The van der Waals surface area contributed by atoms with Crippen LogP contribution in [0.25, 0.3) is 0 Å². The molecule has 1 aliphatic rings. The third kappa shape index (κ3) is 4.15. The van der Waals surface area contributed by atoms with Gasteiger partial charge >= 0.3 is 12.4 Å². The molecule has 1 aromatic rings. The van der Waals surface area contributed by atoms with Gasteiger partial charge in [-0.05, 0) is 18.6 Å². The van der Waals surface area contributed by atoms with E-state index in [-0.39, 0.29) is 5.70 Å². The Morgan fingerprint density at radius 2 is 1.67 bits per heavy atom. The van der Waals surface area contributed by atoms with E-state index in [9.17, 15) is 35.9 Å². The average Bonchev–Trinajstić information content (AvgIpc) is 2.44. The van der Waals surface area contributed by atoms with E-state index >= 15 is 0 Å². The van der Waals surface area contributed by atoms with Crippen molar-refractivity contribution < 1.29 is 35.9 Å². The number of amides is 1. The van der Waals surface area contributed by atoms with Crippen molar-refractivity contribution in [1.82, 2.24) is 5.32 Å². The number of halogens is 6. The van der Waals surface area contributed by atoms with Gasteiger partial charge in [0, 0.05) is 18.2 Å². The highest BCUT2D eigenvalue weighted by atomic mass is 19.4. The predicted molar refractivity (Wildman–Crippen MR) is 70.8 cm³/mol. The molecule has 0 saturated heterocycles. The van der Waals surface area contributed by atoms with Crippen LogP contribution in [-0.2, 0) is 11.0 Å². The van der Waals surface area contributed by atoms with E-state index in [4.69, 9.17) is 0 Å². The summed E-state index contributed by atoms with van der Waals surface area (Å²) < 4.78 is 76.8. The topological polar surface area (TPSA) is 46.2 Å². The first-order valence-electron chi connectivity index (χ1n) is 6.76. The molecule has 9 heteroatoms. The number of carbonyl (C=O) groups excluding carboxylic acids is 2. The Bertz CT molecular complexity index is 690. The maximum atomic E-state index is 12.9. The molecule has 0 fully saturated rings. The van der Waals surface area contributed by atoms with Crippen molar-refractivity contribution in [2.45, 2.75) is 25.2 Å². The van der Waals surface area contributed by atoms with Crippen molar-refractivity contribution in [3.05, 3.63) is 47.2 Å². The van der Waals surface area contributed by atoms with E-state index in [2.05, 4.69) is 0 Å². The number of ketones is 1. The quantitative estimate of drug-likeness (QED) is 0.823. The summed E-state index contributed by atoms with van der Waals surface area (Å²) in [6, 6.07) is 3.88. The second kappa shape index (κ2) is 6.29. The lowest BCUT2D eigenvalue weighted by atomic mass is 9.90. The first-order chi connectivity index (χ1) is 11.0. The van der Waals surface area contributed by atoms with Crippen LogP contribution in [0.1, 0.15) is 28.8 Å². The minimum atomic E-state index is -4.79. The van der Waals surface area contributed by atoms with Gasteiger partial charge in [-0.2, -0.15) is 26.3 Å². The largest absolute Gasteiger partial charge is 0.417 e. The van der Waals surface area contributed by atoms with Gasteiger partial charge in [-0.3, -0.25) is 9.59 Å². The Morgan fingerprint density at radius 1 is 1.04 bits per heavy atom. The summed E-state index contributed by atoms with van der Waals surface area (Å²) in [5, 5.41) is 1.98. The SMILES string of the molecule is O=C1C=C(NC(=O)c2ccccc2C(F)(F)F)CC(C(F)(F)F)C1. The summed E-state index contributed by atoms with van der Waals surface area (Å²) in [6.07, 6.45) is -10.0. The fourth-order valence-corrected chi connectivity index (χ4v) is 2.35. The molecule has 0 aromatic heterocycles. The summed E-state index contributed by atoms with van der Waals surface area (Å²) in [7, 11) is 0. The van der Waals surface area contributed by atoms with Gasteiger partial charge in [-0.1, -0.05) is 12.1 Å². The van der Waals surface area contributed by atoms with Crippen LogP contribution in [-0.4, -0.2) is 17.9 Å². The number of carbonyl (C=O) groups is 2. The molecular weight excluding hydrogens is 340 g/mol. The molecule has 0 saturated carbocycles. The average molecular weight is 351 g/mol. The van der Waals surface area contributed by atoms with Crippen molar-refractivity contribution in [3.8, 4) is 0 Å². The predicted octanol–water partition coefficient (Wildman–Crippen LogP) is 3.86. The zero-order chi connectivity index (χ0) is 18.1. The van der Waals surface area contributed by atoms with Crippen LogP contribution < -0.4 is 5.32 Å². The molecule has 1 aromatic carbocycles. The third-order valence-corrected chi connectivity index (χ3v) is 3.46. The number of hydrogen-bond acceptors (Lipinski definition) is 2. The summed E-state index contributed by atoms with van der Waals surface area (Å²) in [5.74, 6) is -4.03. The molecule has 1 amide bonds. The Hall–Kier alpha value is -2.32. The standard InChI is InChI=1S/C15H11F6NO2/c16-14(17,18)8-5-9(7-10(23)6-8)22-13(24)11-3-1-2-4-12(11)15(19,20)21/h1-4,7-8H,5-6H2,(H,22,24). The first-order valence-corrected chi connectivity index (χ1v) is 6.76. The fraction of sp³-hybridized carbons (Fsp3) is 0.333. The van der Waals surface area contributed by atoms with Crippen LogP contribution in [0.2, 0.25) is 0 Å². The van der Waals surface area contributed by atoms with Crippen LogP contribution in [0.4, 0.5) is 26.3 Å². The van der Waals surface area contributed by atoms with Crippen LogP contribution >= 0.6 is 0 Å². The molecule has 130 valence electrons. The van der Waals surface area contributed by atoms with Gasteiger partial charge in [-0.15, -0.1) is 0 Å². The van der Waals surface area contributed by atoms with E-state index in [1.54, 1.807) is 0 Å². The molecule has 0 heterocycles. The zero-order valence-electron chi connectivity index (χ0n) is 12.0. The van der Waals surface area contributed by atoms with Gasteiger partial charge in [-0.25, -0.2) is 0 Å².